The summed E-state index contributed by atoms with van der Waals surface area (Å²) >= 11 is 3.18. The van der Waals surface area contributed by atoms with E-state index in [4.69, 9.17) is 4.84 Å². The first-order valence-electron chi connectivity index (χ1n) is 11.6. The molecule has 1 aromatic carbocycles. The Hall–Kier alpha value is -3.17. The molecule has 3 amide bonds. The van der Waals surface area contributed by atoms with Crippen molar-refractivity contribution in [1.82, 2.24) is 15.7 Å². The molecule has 2 aromatic heterocycles. The number of benzene rings is 1. The van der Waals surface area contributed by atoms with Crippen LogP contribution >= 0.6 is 22.7 Å². The van der Waals surface area contributed by atoms with Gasteiger partial charge >= 0.3 is 12.0 Å². The lowest BCUT2D eigenvalue weighted by Crippen LogP contribution is -2.51. The van der Waals surface area contributed by atoms with E-state index in [9.17, 15) is 14.4 Å². The van der Waals surface area contributed by atoms with Crippen LogP contribution in [0.2, 0.25) is 0 Å². The van der Waals surface area contributed by atoms with Crippen LogP contribution in [-0.2, 0) is 27.5 Å². The van der Waals surface area contributed by atoms with Crippen molar-refractivity contribution in [2.45, 2.75) is 58.2 Å². The lowest BCUT2D eigenvalue weighted by molar-refractivity contribution is -0.150. The average molecular weight is 514 g/mol. The lowest BCUT2D eigenvalue weighted by atomic mass is 10.0. The van der Waals surface area contributed by atoms with Gasteiger partial charge in [0.05, 0.1) is 19.0 Å². The largest absolute Gasteiger partial charge is 0.348 e. The maximum Gasteiger partial charge on any atom is 0.348 e. The normalized spacial score (nSPS) is 12.4. The molecule has 0 aliphatic carbocycles. The summed E-state index contributed by atoms with van der Waals surface area (Å²) in [4.78, 5) is 47.4. The molecule has 0 fully saturated rings. The maximum absolute atomic E-state index is 13.6. The number of urea groups is 1. The highest BCUT2D eigenvalue weighted by Gasteiger charge is 2.27. The second-order valence-corrected chi connectivity index (χ2v) is 10.2. The molecule has 0 saturated carbocycles. The summed E-state index contributed by atoms with van der Waals surface area (Å²) in [6, 6.07) is 15.6. The standard InChI is InChI=1S/C26H31N3O4S2/c1-3-4-14-23(27-26(32)28-33-25(31)19(2)20-10-6-5-7-11-20)24(30)29(17-21-12-8-15-34-21)18-22-13-9-16-35-22/h5-13,15-16,19,23H,3-4,14,17-18H2,1-2H3,(H2,27,28,32)/t19-,23+/m1/s1. The number of rotatable bonds is 11. The number of nitrogens with one attached hydrogen (secondary N) is 2. The van der Waals surface area contributed by atoms with Crippen LogP contribution < -0.4 is 10.8 Å². The van der Waals surface area contributed by atoms with E-state index in [-0.39, 0.29) is 5.91 Å². The molecule has 3 rings (SSSR count). The Morgan fingerprint density at radius 3 is 2.11 bits per heavy atom. The minimum atomic E-state index is -0.736. The van der Waals surface area contributed by atoms with Gasteiger partial charge in [-0.25, -0.2) is 9.59 Å². The van der Waals surface area contributed by atoms with Gasteiger partial charge in [-0.15, -0.1) is 22.7 Å². The summed E-state index contributed by atoms with van der Waals surface area (Å²) in [5.74, 6) is -1.29. The molecule has 35 heavy (non-hydrogen) atoms. The van der Waals surface area contributed by atoms with Gasteiger partial charge in [0.15, 0.2) is 0 Å². The number of hydrogen-bond donors (Lipinski definition) is 2. The molecule has 186 valence electrons. The number of unbranched alkanes of at least 4 members (excludes halogenated alkanes) is 1. The first-order chi connectivity index (χ1) is 17.0. The van der Waals surface area contributed by atoms with Crippen molar-refractivity contribution in [3.63, 3.8) is 0 Å². The number of carbonyl (C=O) groups excluding carboxylic acids is 3. The Morgan fingerprint density at radius 2 is 1.57 bits per heavy atom. The molecule has 0 unspecified atom stereocenters. The highest BCUT2D eigenvalue weighted by atomic mass is 32.1. The van der Waals surface area contributed by atoms with Crippen LogP contribution in [0.25, 0.3) is 0 Å². The number of hydrogen-bond acceptors (Lipinski definition) is 6. The van der Waals surface area contributed by atoms with E-state index in [1.54, 1.807) is 34.5 Å². The Kier molecular flexibility index (Phi) is 10.3. The highest BCUT2D eigenvalue weighted by Crippen LogP contribution is 2.19. The van der Waals surface area contributed by atoms with Crippen molar-refractivity contribution >= 4 is 40.6 Å². The third-order valence-corrected chi connectivity index (χ3v) is 7.23. The van der Waals surface area contributed by atoms with Crippen molar-refractivity contribution in [2.24, 2.45) is 0 Å². The molecule has 0 radical (unpaired) electrons. The molecule has 0 bridgehead atoms. The first kappa shape index (κ1) is 26.4. The van der Waals surface area contributed by atoms with Gasteiger partial charge in [0.2, 0.25) is 5.91 Å². The van der Waals surface area contributed by atoms with Crippen LogP contribution in [-0.4, -0.2) is 28.8 Å². The van der Waals surface area contributed by atoms with E-state index in [0.29, 0.717) is 19.5 Å². The zero-order valence-corrected chi connectivity index (χ0v) is 21.6. The summed E-state index contributed by atoms with van der Waals surface area (Å²) in [6.45, 7) is 4.66. The van der Waals surface area contributed by atoms with Crippen LogP contribution in [0.3, 0.4) is 0 Å². The SMILES string of the molecule is CCCC[C@H](NC(=O)NOC(=O)[C@H](C)c1ccccc1)C(=O)N(Cc1cccs1)Cc1cccs1. The fourth-order valence-electron chi connectivity index (χ4n) is 3.53. The summed E-state index contributed by atoms with van der Waals surface area (Å²) in [7, 11) is 0. The van der Waals surface area contributed by atoms with Gasteiger partial charge in [-0.1, -0.05) is 62.2 Å². The van der Waals surface area contributed by atoms with Crippen molar-refractivity contribution in [3.8, 4) is 0 Å². The Labute approximate surface area is 214 Å². The van der Waals surface area contributed by atoms with Gasteiger partial charge in [0, 0.05) is 9.75 Å². The molecule has 2 atom stereocenters. The predicted octanol–water partition coefficient (Wildman–Crippen LogP) is 5.46. The lowest BCUT2D eigenvalue weighted by Gasteiger charge is -2.27. The van der Waals surface area contributed by atoms with Crippen LogP contribution in [0.5, 0.6) is 0 Å². The van der Waals surface area contributed by atoms with Crippen molar-refractivity contribution in [1.29, 1.82) is 0 Å². The summed E-state index contributed by atoms with van der Waals surface area (Å²) in [5, 5.41) is 6.67. The van der Waals surface area contributed by atoms with E-state index < -0.39 is 24.0 Å². The van der Waals surface area contributed by atoms with Gasteiger partial charge < -0.3 is 15.1 Å². The number of thiophene rings is 2. The maximum atomic E-state index is 13.6. The molecular formula is C26H31N3O4S2. The van der Waals surface area contributed by atoms with Crippen LogP contribution in [0.15, 0.2) is 65.4 Å². The van der Waals surface area contributed by atoms with Gasteiger partial charge in [0.1, 0.15) is 6.04 Å². The fraction of sp³-hybridized carbons (Fsp3) is 0.346. The van der Waals surface area contributed by atoms with Gasteiger partial charge in [-0.05, 0) is 41.8 Å². The van der Waals surface area contributed by atoms with E-state index >= 15 is 0 Å². The first-order valence-corrected chi connectivity index (χ1v) is 13.4. The molecule has 2 N–H and O–H groups in total. The average Bonchev–Trinajstić information content (AvgIpc) is 3.59. The molecule has 2 heterocycles. The van der Waals surface area contributed by atoms with E-state index in [1.165, 1.54) is 0 Å². The monoisotopic (exact) mass is 513 g/mol. The number of hydroxylamine groups is 1. The summed E-state index contributed by atoms with van der Waals surface area (Å²) in [6.07, 6.45) is 2.14. The minimum absolute atomic E-state index is 0.167. The van der Waals surface area contributed by atoms with E-state index in [2.05, 4.69) is 10.8 Å². The highest BCUT2D eigenvalue weighted by molar-refractivity contribution is 7.10. The van der Waals surface area contributed by atoms with Crippen molar-refractivity contribution < 1.29 is 19.2 Å². The molecule has 3 aromatic rings. The second-order valence-electron chi connectivity index (χ2n) is 8.18. The molecule has 0 aliphatic heterocycles. The minimum Gasteiger partial charge on any atom is -0.339 e. The summed E-state index contributed by atoms with van der Waals surface area (Å²) in [5.41, 5.74) is 2.94. The number of amides is 3. The van der Waals surface area contributed by atoms with Gasteiger partial charge in [-0.3, -0.25) is 4.79 Å². The smallest absolute Gasteiger partial charge is 0.339 e. The van der Waals surface area contributed by atoms with Crippen LogP contribution in [0.1, 0.15) is 54.3 Å². The topological polar surface area (TPSA) is 87.7 Å². The zero-order valence-electron chi connectivity index (χ0n) is 19.9. The third kappa shape index (κ3) is 8.22. The van der Waals surface area contributed by atoms with Crippen molar-refractivity contribution in [3.05, 3.63) is 80.7 Å². The van der Waals surface area contributed by atoms with Gasteiger partial charge in [0.25, 0.3) is 0 Å². The molecule has 0 aliphatic rings. The van der Waals surface area contributed by atoms with E-state index in [1.807, 2.05) is 72.3 Å². The number of nitrogens with zero attached hydrogens (tertiary/aromatic N) is 1. The second kappa shape index (κ2) is 13.7. The Morgan fingerprint density at radius 1 is 0.943 bits per heavy atom. The molecule has 0 spiro atoms. The third-order valence-electron chi connectivity index (χ3n) is 5.51. The Bertz CT molecular complexity index is 1020. The van der Waals surface area contributed by atoms with Crippen molar-refractivity contribution in [2.75, 3.05) is 0 Å². The van der Waals surface area contributed by atoms with Crippen LogP contribution in [0, 0.1) is 0 Å². The van der Waals surface area contributed by atoms with Gasteiger partial charge in [-0.2, -0.15) is 5.48 Å². The fourth-order valence-corrected chi connectivity index (χ4v) is 4.97. The molecule has 7 nitrogen and oxygen atoms in total. The quantitative estimate of drug-likeness (QED) is 0.333. The molecule has 0 saturated heterocycles. The zero-order chi connectivity index (χ0) is 25.0. The van der Waals surface area contributed by atoms with Crippen LogP contribution in [0.4, 0.5) is 4.79 Å². The summed E-state index contributed by atoms with van der Waals surface area (Å²) < 4.78 is 0. The predicted molar refractivity (Wildman–Crippen MR) is 139 cm³/mol. The Balaban J connectivity index is 1.63. The van der Waals surface area contributed by atoms with E-state index in [0.717, 1.165) is 28.2 Å². The molecule has 9 heteroatoms. The molecular weight excluding hydrogens is 482 g/mol. The number of carbonyl (C=O) groups is 3.